The normalized spacial score (nSPS) is 23.4. The number of hydrogen-bond donors (Lipinski definition) is 0. The minimum absolute atomic E-state index is 0.0552. The molecule has 114 valence electrons. The average molecular weight is 290 g/mol. The zero-order valence-corrected chi connectivity index (χ0v) is 12.3. The van der Waals surface area contributed by atoms with Crippen molar-refractivity contribution in [3.05, 3.63) is 24.2 Å². The highest BCUT2D eigenvalue weighted by Crippen LogP contribution is 2.24. The summed E-state index contributed by atoms with van der Waals surface area (Å²) in [6, 6.07) is 3.35. The van der Waals surface area contributed by atoms with E-state index in [-0.39, 0.29) is 17.9 Å². The first-order valence-electron chi connectivity index (χ1n) is 7.86. The predicted octanol–water partition coefficient (Wildman–Crippen LogP) is 2.17. The molecule has 1 aromatic rings. The molecule has 3 rings (SSSR count). The third kappa shape index (κ3) is 3.12. The van der Waals surface area contributed by atoms with E-state index < -0.39 is 0 Å². The van der Waals surface area contributed by atoms with Crippen LogP contribution in [0.15, 0.2) is 22.8 Å². The second-order valence-corrected chi connectivity index (χ2v) is 5.89. The van der Waals surface area contributed by atoms with E-state index in [1.54, 1.807) is 11.2 Å². The van der Waals surface area contributed by atoms with E-state index in [9.17, 15) is 9.59 Å². The first-order valence-corrected chi connectivity index (χ1v) is 7.86. The maximum absolute atomic E-state index is 12.7. The topological polar surface area (TPSA) is 53.8 Å². The molecule has 1 aromatic heterocycles. The van der Waals surface area contributed by atoms with E-state index in [1.165, 1.54) is 12.8 Å². The number of furan rings is 1. The van der Waals surface area contributed by atoms with Gasteiger partial charge in [-0.1, -0.05) is 12.8 Å². The van der Waals surface area contributed by atoms with Gasteiger partial charge < -0.3 is 14.2 Å². The van der Waals surface area contributed by atoms with E-state index in [0.29, 0.717) is 19.4 Å². The number of nitrogens with zero attached hydrogens (tertiary/aromatic N) is 2. The van der Waals surface area contributed by atoms with Crippen molar-refractivity contribution in [1.29, 1.82) is 0 Å². The average Bonchev–Trinajstić information content (AvgIpc) is 3.02. The molecule has 1 atom stereocenters. The van der Waals surface area contributed by atoms with Crippen molar-refractivity contribution in [1.82, 2.24) is 9.80 Å². The Morgan fingerprint density at radius 1 is 1.24 bits per heavy atom. The molecule has 0 spiro atoms. The lowest BCUT2D eigenvalue weighted by Crippen LogP contribution is -2.46. The molecule has 0 aromatic carbocycles. The molecule has 2 aliphatic heterocycles. The molecule has 0 saturated carbocycles. The summed E-state index contributed by atoms with van der Waals surface area (Å²) in [4.78, 5) is 28.5. The lowest BCUT2D eigenvalue weighted by Gasteiger charge is -2.29. The zero-order chi connectivity index (χ0) is 14.7. The number of hydrogen-bond acceptors (Lipinski definition) is 3. The zero-order valence-electron chi connectivity index (χ0n) is 12.3. The molecular formula is C16H22N2O3. The van der Waals surface area contributed by atoms with Crippen LogP contribution in [0.25, 0.3) is 0 Å². The maximum Gasteiger partial charge on any atom is 0.245 e. The minimum atomic E-state index is -0.305. The summed E-state index contributed by atoms with van der Waals surface area (Å²) >= 11 is 0. The van der Waals surface area contributed by atoms with E-state index in [2.05, 4.69) is 0 Å². The van der Waals surface area contributed by atoms with Gasteiger partial charge in [0.1, 0.15) is 11.8 Å². The summed E-state index contributed by atoms with van der Waals surface area (Å²) in [5, 5.41) is 0. The molecule has 2 amide bonds. The summed E-state index contributed by atoms with van der Waals surface area (Å²) in [6.45, 7) is 2.06. The fourth-order valence-electron chi connectivity index (χ4n) is 3.26. The fourth-order valence-corrected chi connectivity index (χ4v) is 3.26. The summed E-state index contributed by atoms with van der Waals surface area (Å²) in [5.41, 5.74) is 0. The molecular weight excluding hydrogens is 268 g/mol. The van der Waals surface area contributed by atoms with Gasteiger partial charge in [0, 0.05) is 19.5 Å². The van der Waals surface area contributed by atoms with Gasteiger partial charge in [0.05, 0.1) is 12.8 Å². The fraction of sp³-hybridized carbons (Fsp3) is 0.625. The summed E-state index contributed by atoms with van der Waals surface area (Å²) in [6.07, 6.45) is 7.24. The predicted molar refractivity (Wildman–Crippen MR) is 77.3 cm³/mol. The van der Waals surface area contributed by atoms with Crippen LogP contribution in [-0.4, -0.2) is 40.7 Å². The van der Waals surface area contributed by atoms with Crippen LogP contribution in [0.1, 0.15) is 44.3 Å². The second kappa shape index (κ2) is 6.33. The van der Waals surface area contributed by atoms with Gasteiger partial charge in [0.2, 0.25) is 11.8 Å². The molecule has 0 N–H and O–H groups in total. The molecule has 2 saturated heterocycles. The van der Waals surface area contributed by atoms with Crippen molar-refractivity contribution < 1.29 is 14.0 Å². The molecule has 2 fully saturated rings. The summed E-state index contributed by atoms with van der Waals surface area (Å²) in [5.74, 6) is 0.910. The molecule has 1 unspecified atom stereocenters. The van der Waals surface area contributed by atoms with Gasteiger partial charge in [-0.15, -0.1) is 0 Å². The SMILES string of the molecule is O=C(C1CCC(=O)N1Cc1ccco1)N1CCCCCC1. The Bertz CT molecular complexity index is 490. The van der Waals surface area contributed by atoms with Gasteiger partial charge in [-0.05, 0) is 31.4 Å². The largest absolute Gasteiger partial charge is 0.467 e. The number of carbonyl (C=O) groups excluding carboxylic acids is 2. The van der Waals surface area contributed by atoms with Crippen molar-refractivity contribution in [3.63, 3.8) is 0 Å². The number of carbonyl (C=O) groups is 2. The maximum atomic E-state index is 12.7. The highest BCUT2D eigenvalue weighted by atomic mass is 16.3. The van der Waals surface area contributed by atoms with Gasteiger partial charge in [-0.3, -0.25) is 9.59 Å². The van der Waals surface area contributed by atoms with Crippen LogP contribution in [0.5, 0.6) is 0 Å². The van der Waals surface area contributed by atoms with Crippen molar-refractivity contribution in [2.24, 2.45) is 0 Å². The molecule has 21 heavy (non-hydrogen) atoms. The van der Waals surface area contributed by atoms with Crippen LogP contribution in [0.2, 0.25) is 0 Å². The molecule has 0 radical (unpaired) electrons. The Kier molecular flexibility index (Phi) is 4.27. The number of amides is 2. The van der Waals surface area contributed by atoms with Crippen LogP contribution in [0.4, 0.5) is 0 Å². The van der Waals surface area contributed by atoms with Crippen molar-refractivity contribution in [3.8, 4) is 0 Å². The van der Waals surface area contributed by atoms with Crippen LogP contribution in [0.3, 0.4) is 0 Å². The second-order valence-electron chi connectivity index (χ2n) is 5.89. The third-order valence-corrected chi connectivity index (χ3v) is 4.44. The van der Waals surface area contributed by atoms with Crippen molar-refractivity contribution in [2.75, 3.05) is 13.1 Å². The van der Waals surface area contributed by atoms with E-state index in [0.717, 1.165) is 31.7 Å². The molecule has 0 aliphatic carbocycles. The Balaban J connectivity index is 1.69. The number of likely N-dealkylation sites (tertiary alicyclic amines) is 2. The smallest absolute Gasteiger partial charge is 0.245 e. The lowest BCUT2D eigenvalue weighted by molar-refractivity contribution is -0.142. The molecule has 5 heteroatoms. The van der Waals surface area contributed by atoms with Crippen molar-refractivity contribution in [2.45, 2.75) is 51.1 Å². The first kappa shape index (κ1) is 14.2. The number of rotatable bonds is 3. The Labute approximate surface area is 124 Å². The Morgan fingerprint density at radius 2 is 2.00 bits per heavy atom. The van der Waals surface area contributed by atoms with Gasteiger partial charge in [0.25, 0.3) is 0 Å². The standard InChI is InChI=1S/C16H22N2O3/c19-15-8-7-14(18(15)12-13-6-5-11-21-13)16(20)17-9-3-1-2-4-10-17/h5-6,11,14H,1-4,7-10,12H2. The Hall–Kier alpha value is -1.78. The summed E-state index contributed by atoms with van der Waals surface area (Å²) < 4.78 is 5.32. The monoisotopic (exact) mass is 290 g/mol. The van der Waals surface area contributed by atoms with Crippen LogP contribution >= 0.6 is 0 Å². The summed E-state index contributed by atoms with van der Waals surface area (Å²) in [7, 11) is 0. The van der Waals surface area contributed by atoms with E-state index in [4.69, 9.17) is 4.42 Å². The van der Waals surface area contributed by atoms with Crippen LogP contribution < -0.4 is 0 Å². The van der Waals surface area contributed by atoms with Crippen molar-refractivity contribution >= 4 is 11.8 Å². The van der Waals surface area contributed by atoms with Crippen LogP contribution in [-0.2, 0) is 16.1 Å². The molecule has 2 aliphatic rings. The highest BCUT2D eigenvalue weighted by molar-refractivity contribution is 5.90. The quantitative estimate of drug-likeness (QED) is 0.857. The van der Waals surface area contributed by atoms with E-state index >= 15 is 0 Å². The van der Waals surface area contributed by atoms with Gasteiger partial charge in [-0.25, -0.2) is 0 Å². The molecule has 0 bridgehead atoms. The van der Waals surface area contributed by atoms with Gasteiger partial charge >= 0.3 is 0 Å². The lowest BCUT2D eigenvalue weighted by atomic mass is 10.2. The molecule has 5 nitrogen and oxygen atoms in total. The Morgan fingerprint density at radius 3 is 2.67 bits per heavy atom. The first-order chi connectivity index (χ1) is 10.3. The van der Waals surface area contributed by atoms with Gasteiger partial charge in [-0.2, -0.15) is 0 Å². The van der Waals surface area contributed by atoms with E-state index in [1.807, 2.05) is 17.0 Å². The third-order valence-electron chi connectivity index (χ3n) is 4.44. The van der Waals surface area contributed by atoms with Gasteiger partial charge in [0.15, 0.2) is 0 Å². The van der Waals surface area contributed by atoms with Crippen LogP contribution in [0, 0.1) is 0 Å². The highest BCUT2D eigenvalue weighted by Gasteiger charge is 2.38. The molecule has 3 heterocycles. The minimum Gasteiger partial charge on any atom is -0.467 e.